The molecule has 90 valence electrons. The van der Waals surface area contributed by atoms with Crippen molar-refractivity contribution in [3.8, 4) is 5.75 Å². The van der Waals surface area contributed by atoms with E-state index >= 15 is 0 Å². The van der Waals surface area contributed by atoms with Crippen LogP contribution in [0, 0.1) is 6.92 Å². The van der Waals surface area contributed by atoms with Gasteiger partial charge in [0.2, 0.25) is 0 Å². The molecule has 1 aromatic carbocycles. The van der Waals surface area contributed by atoms with E-state index in [2.05, 4.69) is 0 Å². The van der Waals surface area contributed by atoms with Gasteiger partial charge in [0, 0.05) is 17.0 Å². The van der Waals surface area contributed by atoms with Crippen LogP contribution in [0.15, 0.2) is 27.4 Å². The molecule has 1 aromatic heterocycles. The highest BCUT2D eigenvalue weighted by molar-refractivity contribution is 5.82. The van der Waals surface area contributed by atoms with Gasteiger partial charge in [-0.3, -0.25) is 0 Å². The van der Waals surface area contributed by atoms with Crippen molar-refractivity contribution in [2.45, 2.75) is 27.2 Å². The van der Waals surface area contributed by atoms with Gasteiger partial charge in [0.25, 0.3) is 0 Å². The molecular weight excluding hydrogens is 216 g/mol. The van der Waals surface area contributed by atoms with Crippen molar-refractivity contribution in [3.63, 3.8) is 0 Å². The SMILES string of the molecule is CCOc1ccc2c(C)c(CC)c(=O)oc2c1. The first-order chi connectivity index (χ1) is 8.17. The Balaban J connectivity index is 2.69. The zero-order valence-corrected chi connectivity index (χ0v) is 10.4. The zero-order valence-electron chi connectivity index (χ0n) is 10.4. The summed E-state index contributed by atoms with van der Waals surface area (Å²) in [7, 11) is 0. The number of aryl methyl sites for hydroxylation is 1. The monoisotopic (exact) mass is 232 g/mol. The molecule has 3 heteroatoms. The molecule has 0 unspecified atom stereocenters. The van der Waals surface area contributed by atoms with Crippen molar-refractivity contribution >= 4 is 11.0 Å². The molecule has 0 atom stereocenters. The topological polar surface area (TPSA) is 39.4 Å². The Bertz CT molecular complexity index is 596. The van der Waals surface area contributed by atoms with Crippen molar-refractivity contribution < 1.29 is 9.15 Å². The normalized spacial score (nSPS) is 10.8. The van der Waals surface area contributed by atoms with E-state index < -0.39 is 0 Å². The van der Waals surface area contributed by atoms with E-state index in [1.807, 2.05) is 32.9 Å². The second-order valence-electron chi connectivity index (χ2n) is 3.94. The van der Waals surface area contributed by atoms with Gasteiger partial charge in [0.05, 0.1) is 6.61 Å². The number of hydrogen-bond donors (Lipinski definition) is 0. The van der Waals surface area contributed by atoms with Gasteiger partial charge in [-0.25, -0.2) is 4.79 Å². The van der Waals surface area contributed by atoms with Crippen LogP contribution < -0.4 is 10.4 Å². The van der Waals surface area contributed by atoms with E-state index in [9.17, 15) is 4.79 Å². The molecule has 0 amide bonds. The van der Waals surface area contributed by atoms with E-state index in [0.29, 0.717) is 18.6 Å². The van der Waals surface area contributed by atoms with Crippen LogP contribution in [0.25, 0.3) is 11.0 Å². The molecule has 0 radical (unpaired) electrons. The molecule has 0 saturated carbocycles. The van der Waals surface area contributed by atoms with Gasteiger partial charge >= 0.3 is 5.63 Å². The average molecular weight is 232 g/mol. The van der Waals surface area contributed by atoms with Crippen molar-refractivity contribution in [1.82, 2.24) is 0 Å². The second kappa shape index (κ2) is 4.62. The predicted molar refractivity (Wildman–Crippen MR) is 67.8 cm³/mol. The second-order valence-corrected chi connectivity index (χ2v) is 3.94. The number of hydrogen-bond acceptors (Lipinski definition) is 3. The average Bonchev–Trinajstić information content (AvgIpc) is 2.29. The summed E-state index contributed by atoms with van der Waals surface area (Å²) in [6.45, 7) is 6.44. The van der Waals surface area contributed by atoms with Crippen molar-refractivity contribution in [1.29, 1.82) is 0 Å². The zero-order chi connectivity index (χ0) is 12.4. The lowest BCUT2D eigenvalue weighted by molar-refractivity contribution is 0.340. The summed E-state index contributed by atoms with van der Waals surface area (Å²) in [6.07, 6.45) is 0.692. The van der Waals surface area contributed by atoms with Crippen molar-refractivity contribution in [2.75, 3.05) is 6.61 Å². The largest absolute Gasteiger partial charge is 0.494 e. The lowest BCUT2D eigenvalue weighted by Crippen LogP contribution is -2.09. The van der Waals surface area contributed by atoms with Crippen LogP contribution in [-0.2, 0) is 6.42 Å². The summed E-state index contributed by atoms with van der Waals surface area (Å²) in [4.78, 5) is 11.7. The van der Waals surface area contributed by atoms with Crippen LogP contribution in [0.3, 0.4) is 0 Å². The third kappa shape index (κ3) is 2.05. The minimum atomic E-state index is -0.244. The van der Waals surface area contributed by atoms with Crippen molar-refractivity contribution in [3.05, 3.63) is 39.7 Å². The van der Waals surface area contributed by atoms with E-state index in [4.69, 9.17) is 9.15 Å². The first-order valence-corrected chi connectivity index (χ1v) is 5.86. The van der Waals surface area contributed by atoms with Crippen LogP contribution in [0.1, 0.15) is 25.0 Å². The van der Waals surface area contributed by atoms with Crippen LogP contribution in [-0.4, -0.2) is 6.61 Å². The quantitative estimate of drug-likeness (QED) is 0.763. The summed E-state index contributed by atoms with van der Waals surface area (Å²) in [5, 5.41) is 0.977. The molecule has 17 heavy (non-hydrogen) atoms. The standard InChI is InChI=1S/C14H16O3/c1-4-11-9(3)12-7-6-10(16-5-2)8-13(12)17-14(11)15/h6-8H,4-5H2,1-3H3. The lowest BCUT2D eigenvalue weighted by Gasteiger charge is -2.07. The molecule has 0 aliphatic heterocycles. The Morgan fingerprint density at radius 2 is 2.06 bits per heavy atom. The van der Waals surface area contributed by atoms with Gasteiger partial charge in [0.1, 0.15) is 11.3 Å². The molecule has 1 heterocycles. The molecule has 3 nitrogen and oxygen atoms in total. The molecule has 0 saturated heterocycles. The Kier molecular flexibility index (Phi) is 3.18. The maximum absolute atomic E-state index is 11.7. The van der Waals surface area contributed by atoms with Crippen LogP contribution in [0.4, 0.5) is 0 Å². The Hall–Kier alpha value is -1.77. The summed E-state index contributed by atoms with van der Waals surface area (Å²) < 4.78 is 10.7. The van der Waals surface area contributed by atoms with Gasteiger partial charge in [-0.05, 0) is 38.0 Å². The molecule has 0 aliphatic rings. The van der Waals surface area contributed by atoms with Gasteiger partial charge < -0.3 is 9.15 Å². The van der Waals surface area contributed by atoms with E-state index in [1.165, 1.54) is 0 Å². The van der Waals surface area contributed by atoms with Gasteiger partial charge in [-0.1, -0.05) is 6.92 Å². The van der Waals surface area contributed by atoms with E-state index in [0.717, 1.165) is 22.3 Å². The first kappa shape index (κ1) is 11.7. The molecule has 2 rings (SSSR count). The van der Waals surface area contributed by atoms with Gasteiger partial charge in [0.15, 0.2) is 0 Å². The van der Waals surface area contributed by atoms with Crippen LogP contribution in [0.2, 0.25) is 0 Å². The Morgan fingerprint density at radius 3 is 2.71 bits per heavy atom. The van der Waals surface area contributed by atoms with Crippen molar-refractivity contribution in [2.24, 2.45) is 0 Å². The summed E-state index contributed by atoms with van der Waals surface area (Å²) in [6, 6.07) is 5.61. The summed E-state index contributed by atoms with van der Waals surface area (Å²) >= 11 is 0. The number of benzene rings is 1. The third-order valence-corrected chi connectivity index (χ3v) is 2.92. The molecule has 2 aromatic rings. The molecule has 0 fully saturated rings. The fourth-order valence-electron chi connectivity index (χ4n) is 2.04. The molecule has 0 aliphatic carbocycles. The smallest absolute Gasteiger partial charge is 0.339 e. The van der Waals surface area contributed by atoms with Crippen LogP contribution in [0.5, 0.6) is 5.75 Å². The third-order valence-electron chi connectivity index (χ3n) is 2.92. The van der Waals surface area contributed by atoms with Crippen LogP contribution >= 0.6 is 0 Å². The molecule has 0 spiro atoms. The fraction of sp³-hybridized carbons (Fsp3) is 0.357. The molecular formula is C14H16O3. The lowest BCUT2D eigenvalue weighted by atomic mass is 10.0. The maximum Gasteiger partial charge on any atom is 0.339 e. The van der Waals surface area contributed by atoms with Gasteiger partial charge in [-0.2, -0.15) is 0 Å². The minimum absolute atomic E-state index is 0.244. The molecule has 0 bridgehead atoms. The van der Waals surface area contributed by atoms with E-state index in [-0.39, 0.29) is 5.63 Å². The van der Waals surface area contributed by atoms with Gasteiger partial charge in [-0.15, -0.1) is 0 Å². The minimum Gasteiger partial charge on any atom is -0.494 e. The molecule has 0 N–H and O–H groups in total. The Labute approximate surface area is 100 Å². The predicted octanol–water partition coefficient (Wildman–Crippen LogP) is 3.06. The number of ether oxygens (including phenoxy) is 1. The number of fused-ring (bicyclic) bond motifs is 1. The first-order valence-electron chi connectivity index (χ1n) is 5.86. The van der Waals surface area contributed by atoms with E-state index in [1.54, 1.807) is 6.07 Å². The summed E-state index contributed by atoms with van der Waals surface area (Å²) in [5.74, 6) is 0.729. The Morgan fingerprint density at radius 1 is 1.29 bits per heavy atom. The highest BCUT2D eigenvalue weighted by atomic mass is 16.5. The fourth-order valence-corrected chi connectivity index (χ4v) is 2.04. The highest BCUT2D eigenvalue weighted by Crippen LogP contribution is 2.24. The highest BCUT2D eigenvalue weighted by Gasteiger charge is 2.10. The summed E-state index contributed by atoms with van der Waals surface area (Å²) in [5.41, 5.74) is 2.10. The number of rotatable bonds is 3. The maximum atomic E-state index is 11.7.